The van der Waals surface area contributed by atoms with Crippen molar-refractivity contribution in [2.24, 2.45) is 5.73 Å². The molecule has 5 N–H and O–H groups in total. The van der Waals surface area contributed by atoms with E-state index < -0.39 is 17.9 Å². The Bertz CT molecular complexity index is 1290. The maximum atomic E-state index is 14.1. The van der Waals surface area contributed by atoms with Gasteiger partial charge in [0, 0.05) is 22.7 Å². The molecule has 188 valence electrons. The van der Waals surface area contributed by atoms with Crippen LogP contribution in [-0.4, -0.2) is 41.4 Å². The number of ether oxygens (including phenoxy) is 2. The van der Waals surface area contributed by atoms with Gasteiger partial charge in [0.1, 0.15) is 18.1 Å². The summed E-state index contributed by atoms with van der Waals surface area (Å²) in [6.07, 6.45) is 3.88. The number of nitrogens with zero attached hydrogens (tertiary/aromatic N) is 2. The number of benzene rings is 1. The van der Waals surface area contributed by atoms with Gasteiger partial charge in [-0.15, -0.1) is 11.3 Å². The Kier molecular flexibility index (Phi) is 6.79. The van der Waals surface area contributed by atoms with Gasteiger partial charge in [-0.3, -0.25) is 19.3 Å². The van der Waals surface area contributed by atoms with Gasteiger partial charge < -0.3 is 26.3 Å². The molecule has 10 nitrogen and oxygen atoms in total. The standard InChI is InChI=1S/C24H25N5O5S2/c25-18-19(22(26)30)28-36-21(18)24(32)29(14-7-8-15-16(12-14)34-10-9-33-15)20(17-6-3-11-35-17)23(31)27-13-4-1-2-5-13/h3,6-8,11-13,20H,1-2,4-5,9-10,25H2,(H2,26,30)(H,27,31). The Morgan fingerprint density at radius 1 is 1.11 bits per heavy atom. The Hall–Kier alpha value is -3.64. The molecule has 2 aliphatic rings. The van der Waals surface area contributed by atoms with E-state index in [1.54, 1.807) is 18.2 Å². The number of carbonyl (C=O) groups excluding carboxylic acids is 3. The maximum Gasteiger partial charge on any atom is 0.273 e. The van der Waals surface area contributed by atoms with E-state index in [1.165, 1.54) is 16.2 Å². The number of nitrogens with two attached hydrogens (primary N) is 2. The minimum atomic E-state index is -0.987. The lowest BCUT2D eigenvalue weighted by Gasteiger charge is -2.32. The molecule has 2 aromatic heterocycles. The molecule has 36 heavy (non-hydrogen) atoms. The van der Waals surface area contributed by atoms with Crippen LogP contribution in [0.1, 0.15) is 56.8 Å². The van der Waals surface area contributed by atoms with E-state index in [9.17, 15) is 14.4 Å². The number of amides is 3. The fourth-order valence-corrected chi connectivity index (χ4v) is 6.03. The van der Waals surface area contributed by atoms with E-state index in [1.807, 2.05) is 17.5 Å². The molecule has 1 aliphatic carbocycles. The molecular formula is C24H25N5O5S2. The zero-order valence-corrected chi connectivity index (χ0v) is 20.9. The van der Waals surface area contributed by atoms with Crippen molar-refractivity contribution in [1.82, 2.24) is 9.69 Å². The molecule has 3 aromatic rings. The lowest BCUT2D eigenvalue weighted by atomic mass is 10.1. The summed E-state index contributed by atoms with van der Waals surface area (Å²) in [6.45, 7) is 0.786. The average Bonchev–Trinajstić information content (AvgIpc) is 3.64. The van der Waals surface area contributed by atoms with Gasteiger partial charge >= 0.3 is 0 Å². The van der Waals surface area contributed by atoms with Crippen molar-refractivity contribution in [3.8, 4) is 11.5 Å². The van der Waals surface area contributed by atoms with Gasteiger partial charge in [0.15, 0.2) is 23.2 Å². The van der Waals surface area contributed by atoms with Crippen LogP contribution < -0.4 is 31.2 Å². The van der Waals surface area contributed by atoms with Crippen LogP contribution in [0, 0.1) is 0 Å². The van der Waals surface area contributed by atoms with E-state index in [0.717, 1.165) is 37.2 Å². The molecule has 0 radical (unpaired) electrons. The molecule has 12 heteroatoms. The van der Waals surface area contributed by atoms with Crippen LogP contribution in [0.25, 0.3) is 0 Å². The predicted octanol–water partition coefficient (Wildman–Crippen LogP) is 3.10. The van der Waals surface area contributed by atoms with E-state index in [2.05, 4.69) is 9.69 Å². The normalized spacial score (nSPS) is 15.9. The van der Waals surface area contributed by atoms with E-state index in [-0.39, 0.29) is 28.2 Å². The highest BCUT2D eigenvalue weighted by molar-refractivity contribution is 7.10. The second kappa shape index (κ2) is 10.2. The Morgan fingerprint density at radius 3 is 2.53 bits per heavy atom. The highest BCUT2D eigenvalue weighted by atomic mass is 32.1. The van der Waals surface area contributed by atoms with Crippen LogP contribution in [0.15, 0.2) is 35.7 Å². The summed E-state index contributed by atoms with van der Waals surface area (Å²) >= 11 is 2.14. The van der Waals surface area contributed by atoms with Crippen LogP contribution in [0.5, 0.6) is 11.5 Å². The van der Waals surface area contributed by atoms with Crippen LogP contribution >= 0.6 is 22.9 Å². The topological polar surface area (TPSA) is 150 Å². The Balaban J connectivity index is 1.61. The molecule has 0 saturated heterocycles. The molecule has 1 fully saturated rings. The van der Waals surface area contributed by atoms with E-state index in [4.69, 9.17) is 20.9 Å². The molecule has 3 heterocycles. The molecular weight excluding hydrogens is 502 g/mol. The Morgan fingerprint density at radius 2 is 1.86 bits per heavy atom. The van der Waals surface area contributed by atoms with Crippen LogP contribution in [-0.2, 0) is 4.79 Å². The van der Waals surface area contributed by atoms with Gasteiger partial charge in [0.05, 0.1) is 5.69 Å². The first kappa shape index (κ1) is 24.1. The smallest absolute Gasteiger partial charge is 0.273 e. The summed E-state index contributed by atoms with van der Waals surface area (Å²) in [5.74, 6) is -0.691. The SMILES string of the molecule is NC(=O)c1nsc(C(=O)N(c2ccc3c(c2)OCCO3)C(C(=O)NC2CCCC2)c2cccs2)c1N. The number of thiophene rings is 1. The minimum Gasteiger partial charge on any atom is -0.486 e. The number of carbonyl (C=O) groups is 3. The lowest BCUT2D eigenvalue weighted by Crippen LogP contribution is -2.46. The first-order chi connectivity index (χ1) is 17.4. The summed E-state index contributed by atoms with van der Waals surface area (Å²) in [6, 6.07) is 7.77. The van der Waals surface area contributed by atoms with Crippen molar-refractivity contribution >= 4 is 52.0 Å². The van der Waals surface area contributed by atoms with Gasteiger partial charge in [-0.1, -0.05) is 18.9 Å². The van der Waals surface area contributed by atoms with Gasteiger partial charge in [0.2, 0.25) is 5.91 Å². The van der Waals surface area contributed by atoms with Crippen molar-refractivity contribution in [2.75, 3.05) is 23.8 Å². The second-order valence-corrected chi connectivity index (χ2v) is 10.3. The quantitative estimate of drug-likeness (QED) is 0.427. The van der Waals surface area contributed by atoms with Crippen molar-refractivity contribution < 1.29 is 23.9 Å². The van der Waals surface area contributed by atoms with Crippen molar-refractivity contribution in [3.05, 3.63) is 51.2 Å². The van der Waals surface area contributed by atoms with Crippen molar-refractivity contribution in [1.29, 1.82) is 0 Å². The first-order valence-corrected chi connectivity index (χ1v) is 13.2. The van der Waals surface area contributed by atoms with Gasteiger partial charge in [-0.2, -0.15) is 4.37 Å². The zero-order valence-electron chi connectivity index (χ0n) is 19.3. The summed E-state index contributed by atoms with van der Waals surface area (Å²) in [7, 11) is 0. The third-order valence-corrected chi connectivity index (χ3v) is 7.97. The molecule has 1 atom stereocenters. The van der Waals surface area contributed by atoms with E-state index in [0.29, 0.717) is 35.3 Å². The number of nitrogens with one attached hydrogen (secondary N) is 1. The third kappa shape index (κ3) is 4.61. The van der Waals surface area contributed by atoms with Gasteiger partial charge in [-0.05, 0) is 48.0 Å². The number of aromatic nitrogens is 1. The summed E-state index contributed by atoms with van der Waals surface area (Å²) in [5, 5.41) is 4.98. The summed E-state index contributed by atoms with van der Waals surface area (Å²) in [5.41, 5.74) is 11.6. The minimum absolute atomic E-state index is 0.0221. The maximum absolute atomic E-state index is 14.1. The fourth-order valence-electron chi connectivity index (χ4n) is 4.47. The number of anilines is 2. The zero-order chi connectivity index (χ0) is 25.2. The van der Waals surface area contributed by atoms with Crippen molar-refractivity contribution in [2.45, 2.75) is 37.8 Å². The van der Waals surface area contributed by atoms with Crippen LogP contribution in [0.3, 0.4) is 0 Å². The number of nitrogen functional groups attached to an aromatic ring is 1. The number of rotatable bonds is 7. The molecule has 3 amide bonds. The molecule has 1 saturated carbocycles. The average molecular weight is 528 g/mol. The largest absolute Gasteiger partial charge is 0.486 e. The third-order valence-electron chi connectivity index (χ3n) is 6.20. The van der Waals surface area contributed by atoms with Gasteiger partial charge in [0.25, 0.3) is 11.8 Å². The van der Waals surface area contributed by atoms with Crippen LogP contribution in [0.2, 0.25) is 0 Å². The number of fused-ring (bicyclic) bond motifs is 1. The molecule has 0 bridgehead atoms. The van der Waals surface area contributed by atoms with Crippen LogP contribution in [0.4, 0.5) is 11.4 Å². The monoisotopic (exact) mass is 527 g/mol. The lowest BCUT2D eigenvalue weighted by molar-refractivity contribution is -0.123. The number of hydrogen-bond donors (Lipinski definition) is 3. The highest BCUT2D eigenvalue weighted by Crippen LogP contribution is 2.39. The number of hydrogen-bond acceptors (Lipinski definition) is 9. The van der Waals surface area contributed by atoms with E-state index >= 15 is 0 Å². The van der Waals surface area contributed by atoms with Gasteiger partial charge in [-0.25, -0.2) is 0 Å². The second-order valence-electron chi connectivity index (χ2n) is 8.55. The number of primary amides is 1. The molecule has 1 aromatic carbocycles. The molecule has 1 aliphatic heterocycles. The van der Waals surface area contributed by atoms with Crippen molar-refractivity contribution in [3.63, 3.8) is 0 Å². The predicted molar refractivity (Wildman–Crippen MR) is 137 cm³/mol. The summed E-state index contributed by atoms with van der Waals surface area (Å²) < 4.78 is 15.4. The highest BCUT2D eigenvalue weighted by Gasteiger charge is 2.38. The fraction of sp³-hybridized carbons (Fsp3) is 0.333. The molecule has 1 unspecified atom stereocenters. The Labute approximate surface area is 215 Å². The first-order valence-electron chi connectivity index (χ1n) is 11.6. The summed E-state index contributed by atoms with van der Waals surface area (Å²) in [4.78, 5) is 41.7. The molecule has 0 spiro atoms. The molecule has 5 rings (SSSR count).